The van der Waals surface area contributed by atoms with Crippen LogP contribution in [0.25, 0.3) is 0 Å². The van der Waals surface area contributed by atoms with Crippen LogP contribution in [0.5, 0.6) is 0 Å². The third-order valence-corrected chi connectivity index (χ3v) is 4.07. The number of methoxy groups -OCH3 is 1. The van der Waals surface area contributed by atoms with Crippen molar-refractivity contribution in [3.63, 3.8) is 0 Å². The van der Waals surface area contributed by atoms with Crippen LogP contribution in [0.3, 0.4) is 0 Å². The summed E-state index contributed by atoms with van der Waals surface area (Å²) in [5, 5.41) is 0. The van der Waals surface area contributed by atoms with Crippen LogP contribution in [-0.2, 0) is 4.74 Å². The molecule has 1 fully saturated rings. The molecule has 0 N–H and O–H groups in total. The molecule has 0 aromatic heterocycles. The van der Waals surface area contributed by atoms with Crippen molar-refractivity contribution in [1.29, 1.82) is 0 Å². The molecule has 1 heterocycles. The highest BCUT2D eigenvalue weighted by Crippen LogP contribution is 2.23. The number of halogens is 1. The van der Waals surface area contributed by atoms with E-state index < -0.39 is 0 Å². The van der Waals surface area contributed by atoms with Crippen LogP contribution in [0.1, 0.15) is 19.8 Å². The lowest BCUT2D eigenvalue weighted by Gasteiger charge is -2.34. The molecular weight excluding hydrogens is 230 g/mol. The van der Waals surface area contributed by atoms with Gasteiger partial charge in [-0.25, -0.2) is 0 Å². The quantitative estimate of drug-likeness (QED) is 0.560. The maximum absolute atomic E-state index is 5.04. The normalized spacial score (nSPS) is 30.7. The molecular formula is C10H20BrNO. The third-order valence-electron chi connectivity index (χ3n) is 2.71. The van der Waals surface area contributed by atoms with Crippen LogP contribution in [0, 0.1) is 5.92 Å². The molecule has 1 aliphatic rings. The molecule has 0 saturated carbocycles. The number of piperidine rings is 1. The molecule has 2 unspecified atom stereocenters. The van der Waals surface area contributed by atoms with Crippen LogP contribution in [0.2, 0.25) is 0 Å². The van der Waals surface area contributed by atoms with Crippen LogP contribution >= 0.6 is 15.9 Å². The SMILES string of the molecule is COCCCN1CCC(Br)C(C)C1. The summed E-state index contributed by atoms with van der Waals surface area (Å²) in [6.07, 6.45) is 2.45. The van der Waals surface area contributed by atoms with Gasteiger partial charge in [-0.2, -0.15) is 0 Å². The van der Waals surface area contributed by atoms with E-state index in [1.54, 1.807) is 7.11 Å². The first-order valence-electron chi connectivity index (χ1n) is 5.09. The lowest BCUT2D eigenvalue weighted by Crippen LogP contribution is -2.40. The molecule has 1 aliphatic heterocycles. The van der Waals surface area contributed by atoms with Crippen molar-refractivity contribution in [1.82, 2.24) is 4.90 Å². The van der Waals surface area contributed by atoms with E-state index in [0.717, 1.165) is 23.8 Å². The Hall–Kier alpha value is 0.400. The van der Waals surface area contributed by atoms with E-state index in [1.807, 2.05) is 0 Å². The minimum absolute atomic E-state index is 0.728. The smallest absolute Gasteiger partial charge is 0.0474 e. The molecule has 0 amide bonds. The van der Waals surface area contributed by atoms with E-state index in [-0.39, 0.29) is 0 Å². The zero-order valence-corrected chi connectivity index (χ0v) is 10.2. The zero-order chi connectivity index (χ0) is 9.68. The molecule has 3 heteroatoms. The Morgan fingerprint density at radius 2 is 2.31 bits per heavy atom. The molecule has 13 heavy (non-hydrogen) atoms. The first-order valence-corrected chi connectivity index (χ1v) is 6.01. The first kappa shape index (κ1) is 11.5. The molecule has 0 bridgehead atoms. The summed E-state index contributed by atoms with van der Waals surface area (Å²) < 4.78 is 5.04. The molecule has 0 radical (unpaired) electrons. The van der Waals surface area contributed by atoms with Crippen LogP contribution in [0.15, 0.2) is 0 Å². The van der Waals surface area contributed by atoms with Gasteiger partial charge >= 0.3 is 0 Å². The predicted molar refractivity (Wildman–Crippen MR) is 59.4 cm³/mol. The minimum atomic E-state index is 0.728. The van der Waals surface area contributed by atoms with E-state index in [9.17, 15) is 0 Å². The monoisotopic (exact) mass is 249 g/mol. The molecule has 0 aromatic rings. The number of alkyl halides is 1. The van der Waals surface area contributed by atoms with Gasteiger partial charge in [-0.1, -0.05) is 22.9 Å². The number of hydrogen-bond acceptors (Lipinski definition) is 2. The third kappa shape index (κ3) is 3.96. The Balaban J connectivity index is 2.14. The van der Waals surface area contributed by atoms with Crippen molar-refractivity contribution in [3.8, 4) is 0 Å². The van der Waals surface area contributed by atoms with Crippen molar-refractivity contribution in [2.24, 2.45) is 5.92 Å². The molecule has 0 aliphatic carbocycles. The Kier molecular flexibility index (Phi) is 5.29. The lowest BCUT2D eigenvalue weighted by molar-refractivity contribution is 0.149. The second-order valence-electron chi connectivity index (χ2n) is 3.93. The van der Waals surface area contributed by atoms with Gasteiger partial charge in [0.05, 0.1) is 0 Å². The average Bonchev–Trinajstić information content (AvgIpc) is 2.12. The number of nitrogens with zero attached hydrogens (tertiary/aromatic N) is 1. The number of ether oxygens (including phenoxy) is 1. The number of likely N-dealkylation sites (tertiary alicyclic amines) is 1. The van der Waals surface area contributed by atoms with Crippen molar-refractivity contribution in [3.05, 3.63) is 0 Å². The second-order valence-corrected chi connectivity index (χ2v) is 5.11. The number of rotatable bonds is 4. The van der Waals surface area contributed by atoms with Crippen molar-refractivity contribution >= 4 is 15.9 Å². The zero-order valence-electron chi connectivity index (χ0n) is 8.63. The van der Waals surface area contributed by atoms with Gasteiger partial charge in [0.2, 0.25) is 0 Å². The van der Waals surface area contributed by atoms with Gasteiger partial charge in [-0.3, -0.25) is 0 Å². The Labute approximate surface area is 89.8 Å². The number of hydrogen-bond donors (Lipinski definition) is 0. The second kappa shape index (κ2) is 5.99. The summed E-state index contributed by atoms with van der Waals surface area (Å²) in [4.78, 5) is 3.27. The van der Waals surface area contributed by atoms with Crippen LogP contribution in [0.4, 0.5) is 0 Å². The summed E-state index contributed by atoms with van der Waals surface area (Å²) in [6.45, 7) is 6.88. The summed E-state index contributed by atoms with van der Waals surface area (Å²) >= 11 is 3.71. The molecule has 1 rings (SSSR count). The maximum atomic E-state index is 5.04. The Morgan fingerprint density at radius 3 is 2.92 bits per heavy atom. The van der Waals surface area contributed by atoms with E-state index in [4.69, 9.17) is 4.74 Å². The summed E-state index contributed by atoms with van der Waals surface area (Å²) in [5.74, 6) is 0.788. The average molecular weight is 250 g/mol. The topological polar surface area (TPSA) is 12.5 Å². The van der Waals surface area contributed by atoms with E-state index >= 15 is 0 Å². The van der Waals surface area contributed by atoms with Crippen molar-refractivity contribution in [2.75, 3.05) is 33.4 Å². The van der Waals surface area contributed by atoms with E-state index in [1.165, 1.54) is 26.1 Å². The first-order chi connectivity index (χ1) is 6.24. The highest BCUT2D eigenvalue weighted by molar-refractivity contribution is 9.09. The summed E-state index contributed by atoms with van der Waals surface area (Å²) in [7, 11) is 1.77. The van der Waals surface area contributed by atoms with Gasteiger partial charge < -0.3 is 9.64 Å². The minimum Gasteiger partial charge on any atom is -0.385 e. The largest absolute Gasteiger partial charge is 0.385 e. The molecule has 0 spiro atoms. The summed E-state index contributed by atoms with van der Waals surface area (Å²) in [6, 6.07) is 0. The van der Waals surface area contributed by atoms with Crippen LogP contribution < -0.4 is 0 Å². The highest BCUT2D eigenvalue weighted by atomic mass is 79.9. The van der Waals surface area contributed by atoms with Gasteiger partial charge in [-0.15, -0.1) is 0 Å². The fraction of sp³-hybridized carbons (Fsp3) is 1.00. The van der Waals surface area contributed by atoms with Crippen molar-refractivity contribution < 1.29 is 4.74 Å². The van der Waals surface area contributed by atoms with Gasteiger partial charge in [0.15, 0.2) is 0 Å². The summed E-state index contributed by atoms with van der Waals surface area (Å²) in [5.41, 5.74) is 0. The Morgan fingerprint density at radius 1 is 1.54 bits per heavy atom. The maximum Gasteiger partial charge on any atom is 0.0474 e. The van der Waals surface area contributed by atoms with Gasteiger partial charge in [0.25, 0.3) is 0 Å². The van der Waals surface area contributed by atoms with Gasteiger partial charge in [0.1, 0.15) is 0 Å². The molecule has 78 valence electrons. The fourth-order valence-electron chi connectivity index (χ4n) is 1.84. The lowest BCUT2D eigenvalue weighted by atomic mass is 10.00. The van der Waals surface area contributed by atoms with Gasteiger partial charge in [0, 0.05) is 31.6 Å². The molecule has 2 atom stereocenters. The molecule has 0 aromatic carbocycles. The van der Waals surface area contributed by atoms with Crippen LogP contribution in [-0.4, -0.2) is 43.1 Å². The fourth-order valence-corrected chi connectivity index (χ4v) is 2.21. The van der Waals surface area contributed by atoms with E-state index in [2.05, 4.69) is 27.8 Å². The van der Waals surface area contributed by atoms with Gasteiger partial charge in [-0.05, 0) is 25.3 Å². The highest BCUT2D eigenvalue weighted by Gasteiger charge is 2.23. The Bertz CT molecular complexity index is 143. The molecule has 2 nitrogen and oxygen atoms in total. The standard InChI is InChI=1S/C10H20BrNO/c1-9-8-12(5-3-7-13-2)6-4-10(9)11/h9-10H,3-8H2,1-2H3. The molecule has 1 saturated heterocycles. The van der Waals surface area contributed by atoms with Crippen molar-refractivity contribution in [2.45, 2.75) is 24.6 Å². The van der Waals surface area contributed by atoms with E-state index in [0.29, 0.717) is 0 Å². The predicted octanol–water partition coefficient (Wildman–Crippen LogP) is 2.13.